The van der Waals surface area contributed by atoms with Crippen LogP contribution in [0, 0.1) is 6.92 Å². The fourth-order valence-electron chi connectivity index (χ4n) is 1.68. The molecule has 1 aromatic heterocycles. The van der Waals surface area contributed by atoms with Crippen molar-refractivity contribution in [1.29, 1.82) is 0 Å². The summed E-state index contributed by atoms with van der Waals surface area (Å²) in [5, 5.41) is 13.9. The van der Waals surface area contributed by atoms with Crippen LogP contribution in [-0.2, 0) is 0 Å². The van der Waals surface area contributed by atoms with Crippen molar-refractivity contribution in [3.05, 3.63) is 41.7 Å². The van der Waals surface area contributed by atoms with Crippen LogP contribution in [0.4, 0.5) is 0 Å². The van der Waals surface area contributed by atoms with Crippen LogP contribution in [0.1, 0.15) is 31.0 Å². The van der Waals surface area contributed by atoms with Gasteiger partial charge in [0.15, 0.2) is 0 Å². The largest absolute Gasteiger partial charge is 0.508 e. The van der Waals surface area contributed by atoms with Crippen molar-refractivity contribution in [2.75, 3.05) is 0 Å². The Balaban J connectivity index is 2.42. The third-order valence-corrected chi connectivity index (χ3v) is 2.63. The molecule has 0 saturated heterocycles. The molecule has 0 saturated carbocycles. The van der Waals surface area contributed by atoms with E-state index in [4.69, 9.17) is 0 Å². The maximum Gasteiger partial charge on any atom is 0.115 e. The van der Waals surface area contributed by atoms with Gasteiger partial charge >= 0.3 is 0 Å². The van der Waals surface area contributed by atoms with Gasteiger partial charge in [-0.3, -0.25) is 0 Å². The van der Waals surface area contributed by atoms with E-state index in [1.165, 1.54) is 0 Å². The van der Waals surface area contributed by atoms with Crippen LogP contribution in [0.15, 0.2) is 30.5 Å². The van der Waals surface area contributed by atoms with Crippen molar-refractivity contribution < 1.29 is 5.11 Å². The Morgan fingerprint density at radius 3 is 2.56 bits per heavy atom. The molecule has 0 unspecified atom stereocenters. The Kier molecular flexibility index (Phi) is 2.69. The van der Waals surface area contributed by atoms with Crippen LogP contribution in [0.2, 0.25) is 0 Å². The van der Waals surface area contributed by atoms with Crippen molar-refractivity contribution in [3.63, 3.8) is 0 Å². The van der Waals surface area contributed by atoms with Crippen LogP contribution in [0.3, 0.4) is 0 Å². The summed E-state index contributed by atoms with van der Waals surface area (Å²) >= 11 is 0. The van der Waals surface area contributed by atoms with Crippen LogP contribution < -0.4 is 0 Å². The zero-order valence-corrected chi connectivity index (χ0v) is 9.81. The first kappa shape index (κ1) is 10.7. The molecule has 0 amide bonds. The summed E-state index contributed by atoms with van der Waals surface area (Å²) in [7, 11) is 0. The molecule has 0 aliphatic heterocycles. The number of benzene rings is 1. The number of hydrogen-bond donors (Lipinski definition) is 1. The Hall–Kier alpha value is -1.77. The minimum absolute atomic E-state index is 0.289. The van der Waals surface area contributed by atoms with E-state index >= 15 is 0 Å². The fraction of sp³-hybridized carbons (Fsp3) is 0.308. The normalized spacial score (nSPS) is 11.0. The summed E-state index contributed by atoms with van der Waals surface area (Å²) in [6, 6.07) is 7.32. The van der Waals surface area contributed by atoms with Crippen molar-refractivity contribution in [2.24, 2.45) is 0 Å². The first-order valence-electron chi connectivity index (χ1n) is 5.43. The summed E-state index contributed by atoms with van der Waals surface area (Å²) in [4.78, 5) is 0. The Labute approximate surface area is 95.3 Å². The average molecular weight is 216 g/mol. The molecule has 16 heavy (non-hydrogen) atoms. The minimum Gasteiger partial charge on any atom is -0.508 e. The van der Waals surface area contributed by atoms with Gasteiger partial charge in [-0.05, 0) is 42.7 Å². The maximum absolute atomic E-state index is 9.35. The molecule has 0 fully saturated rings. The third-order valence-electron chi connectivity index (χ3n) is 2.63. The number of nitrogens with zero attached hydrogens (tertiary/aromatic N) is 2. The molecule has 1 N–H and O–H groups in total. The molecule has 84 valence electrons. The predicted octanol–water partition coefficient (Wildman–Crippen LogP) is 3.01. The molecule has 3 nitrogen and oxygen atoms in total. The monoisotopic (exact) mass is 216 g/mol. The highest BCUT2D eigenvalue weighted by Gasteiger charge is 2.06. The number of rotatable bonds is 2. The van der Waals surface area contributed by atoms with Gasteiger partial charge in [0.2, 0.25) is 0 Å². The summed E-state index contributed by atoms with van der Waals surface area (Å²) in [5.74, 6) is 0.719. The summed E-state index contributed by atoms with van der Waals surface area (Å²) in [5.41, 5.74) is 3.09. The zero-order valence-electron chi connectivity index (χ0n) is 9.81. The topological polar surface area (TPSA) is 38.0 Å². The smallest absolute Gasteiger partial charge is 0.115 e. The molecule has 0 aliphatic carbocycles. The number of hydrogen-bond acceptors (Lipinski definition) is 2. The minimum atomic E-state index is 0.289. The highest BCUT2D eigenvalue weighted by atomic mass is 16.3. The molecule has 1 aromatic carbocycles. The van der Waals surface area contributed by atoms with Crippen LogP contribution in [-0.4, -0.2) is 14.9 Å². The van der Waals surface area contributed by atoms with Crippen molar-refractivity contribution in [1.82, 2.24) is 9.78 Å². The summed E-state index contributed by atoms with van der Waals surface area (Å²) in [6.45, 7) is 6.21. The lowest BCUT2D eigenvalue weighted by Gasteiger charge is -2.06. The lowest BCUT2D eigenvalue weighted by atomic mass is 10.1. The van der Waals surface area contributed by atoms with Gasteiger partial charge in [0.05, 0.1) is 11.4 Å². The molecule has 0 spiro atoms. The van der Waals surface area contributed by atoms with Gasteiger partial charge in [-0.25, -0.2) is 4.68 Å². The lowest BCUT2D eigenvalue weighted by Crippen LogP contribution is -1.99. The summed E-state index contributed by atoms with van der Waals surface area (Å²) in [6.07, 6.45) is 1.95. The second kappa shape index (κ2) is 4.00. The highest BCUT2D eigenvalue weighted by Crippen LogP contribution is 2.20. The van der Waals surface area contributed by atoms with Crippen molar-refractivity contribution in [3.8, 4) is 11.4 Å². The molecular formula is C13H16N2O. The van der Waals surface area contributed by atoms with Crippen LogP contribution in [0.5, 0.6) is 5.75 Å². The average Bonchev–Trinajstić information content (AvgIpc) is 2.66. The number of aromatic hydroxyl groups is 1. The lowest BCUT2D eigenvalue weighted by molar-refractivity contribution is 0.474. The van der Waals surface area contributed by atoms with Gasteiger partial charge in [0.25, 0.3) is 0 Å². The molecule has 0 radical (unpaired) electrons. The van der Waals surface area contributed by atoms with Gasteiger partial charge in [0.1, 0.15) is 5.75 Å². The van der Waals surface area contributed by atoms with E-state index in [-0.39, 0.29) is 5.75 Å². The Morgan fingerprint density at radius 1 is 1.25 bits per heavy atom. The SMILES string of the molecule is Cc1cc(O)ccc1-n1ccc(C(C)C)n1. The van der Waals surface area contributed by atoms with Crippen LogP contribution >= 0.6 is 0 Å². The van der Waals surface area contributed by atoms with E-state index in [9.17, 15) is 5.11 Å². The van der Waals surface area contributed by atoms with E-state index in [1.807, 2.05) is 29.9 Å². The first-order chi connectivity index (χ1) is 7.58. The number of phenols is 1. The number of aromatic nitrogens is 2. The first-order valence-corrected chi connectivity index (χ1v) is 5.43. The molecule has 1 heterocycles. The molecular weight excluding hydrogens is 200 g/mol. The fourth-order valence-corrected chi connectivity index (χ4v) is 1.68. The molecule has 0 bridgehead atoms. The molecule has 3 heteroatoms. The predicted molar refractivity (Wildman–Crippen MR) is 64.1 cm³/mol. The van der Waals surface area contributed by atoms with E-state index < -0.39 is 0 Å². The Bertz CT molecular complexity index is 500. The van der Waals surface area contributed by atoms with Gasteiger partial charge in [-0.2, -0.15) is 5.10 Å². The number of aryl methyl sites for hydroxylation is 1. The van der Waals surface area contributed by atoms with E-state index in [2.05, 4.69) is 18.9 Å². The van der Waals surface area contributed by atoms with Crippen LogP contribution in [0.25, 0.3) is 5.69 Å². The second-order valence-corrected chi connectivity index (χ2v) is 4.31. The molecule has 0 aliphatic rings. The molecule has 2 aromatic rings. The van der Waals surface area contributed by atoms with Crippen molar-refractivity contribution in [2.45, 2.75) is 26.7 Å². The number of phenolic OH excluding ortho intramolecular Hbond substituents is 1. The van der Waals surface area contributed by atoms with Gasteiger partial charge in [-0.1, -0.05) is 13.8 Å². The molecule has 0 atom stereocenters. The van der Waals surface area contributed by atoms with Gasteiger partial charge in [-0.15, -0.1) is 0 Å². The van der Waals surface area contributed by atoms with E-state index in [0.717, 1.165) is 16.9 Å². The summed E-state index contributed by atoms with van der Waals surface area (Å²) < 4.78 is 1.85. The van der Waals surface area contributed by atoms with Gasteiger partial charge < -0.3 is 5.11 Å². The highest BCUT2D eigenvalue weighted by molar-refractivity contribution is 5.44. The molecule has 2 rings (SSSR count). The quantitative estimate of drug-likeness (QED) is 0.838. The van der Waals surface area contributed by atoms with Gasteiger partial charge in [0, 0.05) is 6.20 Å². The second-order valence-electron chi connectivity index (χ2n) is 4.31. The Morgan fingerprint density at radius 2 is 2.00 bits per heavy atom. The maximum atomic E-state index is 9.35. The van der Waals surface area contributed by atoms with E-state index in [1.54, 1.807) is 12.1 Å². The standard InChI is InChI=1S/C13H16N2O/c1-9(2)12-6-7-15(14-12)13-5-4-11(16)8-10(13)3/h4-9,16H,1-3H3. The zero-order chi connectivity index (χ0) is 11.7. The van der Waals surface area contributed by atoms with Crippen molar-refractivity contribution >= 4 is 0 Å². The van der Waals surface area contributed by atoms with E-state index in [0.29, 0.717) is 5.92 Å². The third kappa shape index (κ3) is 1.94.